The van der Waals surface area contributed by atoms with Crippen LogP contribution in [0.5, 0.6) is 5.75 Å². The van der Waals surface area contributed by atoms with Gasteiger partial charge in [-0.3, -0.25) is 9.48 Å². The van der Waals surface area contributed by atoms with E-state index < -0.39 is 0 Å². The van der Waals surface area contributed by atoms with Crippen molar-refractivity contribution in [2.45, 2.75) is 25.9 Å². The van der Waals surface area contributed by atoms with Crippen LogP contribution in [0.3, 0.4) is 0 Å². The molecule has 1 amide bonds. The molecule has 31 heavy (non-hydrogen) atoms. The summed E-state index contributed by atoms with van der Waals surface area (Å²) in [6.45, 7) is 5.58. The Morgan fingerprint density at radius 3 is 2.65 bits per heavy atom. The van der Waals surface area contributed by atoms with Crippen LogP contribution in [0, 0.1) is 6.92 Å². The van der Waals surface area contributed by atoms with Crippen molar-refractivity contribution in [2.75, 3.05) is 25.1 Å². The van der Waals surface area contributed by atoms with Crippen molar-refractivity contribution in [1.29, 1.82) is 0 Å². The highest BCUT2D eigenvalue weighted by molar-refractivity contribution is 5.97. The Morgan fingerprint density at radius 1 is 1.23 bits per heavy atom. The lowest BCUT2D eigenvalue weighted by Crippen LogP contribution is -2.55. The Balaban J connectivity index is 1.56. The fourth-order valence-corrected chi connectivity index (χ4v) is 3.86. The maximum Gasteiger partial charge on any atom is 0.252 e. The Kier molecular flexibility index (Phi) is 5.69. The van der Waals surface area contributed by atoms with Crippen LogP contribution in [0.4, 0.5) is 5.69 Å². The molecule has 7 nitrogen and oxygen atoms in total. The van der Waals surface area contributed by atoms with Crippen molar-refractivity contribution in [1.82, 2.24) is 15.1 Å². The molecule has 0 radical (unpaired) electrons. The lowest BCUT2D eigenvalue weighted by atomic mass is 10.00. The number of ether oxygens (including phenoxy) is 1. The van der Waals surface area contributed by atoms with Crippen molar-refractivity contribution >= 4 is 11.6 Å². The lowest BCUT2D eigenvalue weighted by molar-refractivity contribution is 0.0939. The molecule has 2 heterocycles. The molecule has 0 bridgehead atoms. The first-order valence-electron chi connectivity index (χ1n) is 10.4. The molecule has 4 rings (SSSR count). The summed E-state index contributed by atoms with van der Waals surface area (Å²) in [5.74, 6) is 0.646. The summed E-state index contributed by atoms with van der Waals surface area (Å²) in [5.41, 5.74) is 11.5. The van der Waals surface area contributed by atoms with Gasteiger partial charge >= 0.3 is 0 Å². The van der Waals surface area contributed by atoms with Gasteiger partial charge in [-0.15, -0.1) is 0 Å². The number of rotatable bonds is 6. The highest BCUT2D eigenvalue weighted by Gasteiger charge is 2.24. The smallest absolute Gasteiger partial charge is 0.252 e. The van der Waals surface area contributed by atoms with Gasteiger partial charge in [0.1, 0.15) is 5.75 Å². The standard InChI is InChI=1S/C24H29N5O2/c1-15-5-6-21(29-13-20(25)14-29)10-23(15)24(30)27-16(2)17-7-18(9-22(8-17)31-4)19-11-26-28(3)12-19/h5-12,16,20H,13-14,25H2,1-4H3,(H,27,30)/t16-/m1/s1. The van der Waals surface area contributed by atoms with Crippen LogP contribution in [0.25, 0.3) is 11.1 Å². The molecular weight excluding hydrogens is 390 g/mol. The van der Waals surface area contributed by atoms with Crippen LogP contribution in [0.1, 0.15) is 34.5 Å². The minimum atomic E-state index is -0.196. The van der Waals surface area contributed by atoms with Crippen molar-refractivity contribution in [3.05, 3.63) is 65.5 Å². The molecule has 7 heteroatoms. The summed E-state index contributed by atoms with van der Waals surface area (Å²) < 4.78 is 7.26. The van der Waals surface area contributed by atoms with E-state index in [0.29, 0.717) is 5.56 Å². The number of anilines is 1. The first-order valence-corrected chi connectivity index (χ1v) is 10.4. The van der Waals surface area contributed by atoms with E-state index in [4.69, 9.17) is 10.5 Å². The van der Waals surface area contributed by atoms with Gasteiger partial charge in [0.05, 0.1) is 19.3 Å². The Bertz CT molecular complexity index is 1100. The van der Waals surface area contributed by atoms with E-state index in [1.165, 1.54) is 0 Å². The SMILES string of the molecule is COc1cc(-c2cnn(C)c2)cc([C@@H](C)NC(=O)c2cc(N3CC(N)C3)ccc2C)c1. The van der Waals surface area contributed by atoms with E-state index in [1.807, 2.05) is 63.6 Å². The number of benzene rings is 2. The Hall–Kier alpha value is -3.32. The molecule has 1 saturated heterocycles. The molecule has 0 saturated carbocycles. The van der Waals surface area contributed by atoms with Crippen molar-refractivity contribution in [3.63, 3.8) is 0 Å². The van der Waals surface area contributed by atoms with E-state index in [0.717, 1.165) is 46.8 Å². The van der Waals surface area contributed by atoms with Crippen LogP contribution >= 0.6 is 0 Å². The summed E-state index contributed by atoms with van der Waals surface area (Å²) in [4.78, 5) is 15.3. The number of amides is 1. The first kappa shape index (κ1) is 20.9. The van der Waals surface area contributed by atoms with E-state index in [1.54, 1.807) is 11.8 Å². The number of carbonyl (C=O) groups is 1. The molecular formula is C24H29N5O2. The molecule has 1 aliphatic heterocycles. The van der Waals surface area contributed by atoms with Gasteiger partial charge in [-0.1, -0.05) is 6.07 Å². The van der Waals surface area contributed by atoms with Gasteiger partial charge in [0, 0.05) is 49.2 Å². The van der Waals surface area contributed by atoms with Crippen molar-refractivity contribution < 1.29 is 9.53 Å². The number of aromatic nitrogens is 2. The summed E-state index contributed by atoms with van der Waals surface area (Å²) in [6.07, 6.45) is 3.77. The first-order chi connectivity index (χ1) is 14.8. The van der Waals surface area contributed by atoms with Crippen molar-refractivity contribution in [2.24, 2.45) is 12.8 Å². The molecule has 1 aromatic heterocycles. The second-order valence-electron chi connectivity index (χ2n) is 8.26. The minimum absolute atomic E-state index is 0.0950. The highest BCUT2D eigenvalue weighted by Crippen LogP contribution is 2.29. The summed E-state index contributed by atoms with van der Waals surface area (Å²) in [5, 5.41) is 7.39. The lowest BCUT2D eigenvalue weighted by Gasteiger charge is -2.39. The molecule has 162 valence electrons. The monoisotopic (exact) mass is 419 g/mol. The van der Waals surface area contributed by atoms with Gasteiger partial charge in [0.15, 0.2) is 0 Å². The van der Waals surface area contributed by atoms with E-state index >= 15 is 0 Å². The predicted octanol–water partition coefficient (Wildman–Crippen LogP) is 3.04. The van der Waals surface area contributed by atoms with Crippen LogP contribution in [0.2, 0.25) is 0 Å². The normalized spacial score (nSPS) is 14.8. The van der Waals surface area contributed by atoms with Gasteiger partial charge in [0.2, 0.25) is 0 Å². The quantitative estimate of drug-likeness (QED) is 0.641. The molecule has 3 N–H and O–H groups in total. The third-order valence-electron chi connectivity index (χ3n) is 5.79. The average Bonchev–Trinajstić information content (AvgIpc) is 3.18. The third kappa shape index (κ3) is 4.41. The zero-order chi connectivity index (χ0) is 22.1. The maximum atomic E-state index is 13.1. The number of carbonyl (C=O) groups excluding carboxylic acids is 1. The molecule has 0 spiro atoms. The Labute approximate surface area is 182 Å². The van der Waals surface area contributed by atoms with Gasteiger partial charge in [-0.05, 0) is 60.9 Å². The third-order valence-corrected chi connectivity index (χ3v) is 5.79. The predicted molar refractivity (Wildman–Crippen MR) is 122 cm³/mol. The van der Waals surface area contributed by atoms with Crippen molar-refractivity contribution in [3.8, 4) is 16.9 Å². The van der Waals surface area contributed by atoms with Crippen LogP contribution in [0.15, 0.2) is 48.8 Å². The number of hydrogen-bond acceptors (Lipinski definition) is 5. The average molecular weight is 420 g/mol. The molecule has 1 fully saturated rings. The second kappa shape index (κ2) is 8.43. The topological polar surface area (TPSA) is 85.4 Å². The van der Waals surface area contributed by atoms with E-state index in [-0.39, 0.29) is 18.0 Å². The van der Waals surface area contributed by atoms with Gasteiger partial charge in [-0.2, -0.15) is 5.10 Å². The summed E-state index contributed by atoms with van der Waals surface area (Å²) in [7, 11) is 3.53. The number of nitrogens with one attached hydrogen (secondary N) is 1. The number of aryl methyl sites for hydroxylation is 2. The zero-order valence-corrected chi connectivity index (χ0v) is 18.4. The van der Waals surface area contributed by atoms with E-state index in [2.05, 4.69) is 21.4 Å². The molecule has 0 unspecified atom stereocenters. The largest absolute Gasteiger partial charge is 0.497 e. The number of nitrogens with zero attached hydrogens (tertiary/aromatic N) is 3. The molecule has 3 aromatic rings. The van der Waals surface area contributed by atoms with Gasteiger partial charge < -0.3 is 20.7 Å². The summed E-state index contributed by atoms with van der Waals surface area (Å²) >= 11 is 0. The number of nitrogens with two attached hydrogens (primary N) is 1. The fraction of sp³-hybridized carbons (Fsp3) is 0.333. The molecule has 0 aliphatic carbocycles. The van der Waals surface area contributed by atoms with Gasteiger partial charge in [-0.25, -0.2) is 0 Å². The number of methoxy groups -OCH3 is 1. The Morgan fingerprint density at radius 2 is 2.00 bits per heavy atom. The fourth-order valence-electron chi connectivity index (χ4n) is 3.86. The van der Waals surface area contributed by atoms with Crippen LogP contribution in [-0.2, 0) is 7.05 Å². The highest BCUT2D eigenvalue weighted by atomic mass is 16.5. The minimum Gasteiger partial charge on any atom is -0.497 e. The maximum absolute atomic E-state index is 13.1. The zero-order valence-electron chi connectivity index (χ0n) is 18.4. The molecule has 2 aromatic carbocycles. The number of hydrogen-bond donors (Lipinski definition) is 2. The molecule has 1 aliphatic rings. The van der Waals surface area contributed by atoms with Crippen LogP contribution < -0.4 is 20.7 Å². The second-order valence-corrected chi connectivity index (χ2v) is 8.26. The van der Waals surface area contributed by atoms with E-state index in [9.17, 15) is 4.79 Å². The molecule has 1 atom stereocenters. The van der Waals surface area contributed by atoms with Gasteiger partial charge in [0.25, 0.3) is 5.91 Å². The van der Waals surface area contributed by atoms with Crippen LogP contribution in [-0.4, -0.2) is 41.9 Å². The summed E-state index contributed by atoms with van der Waals surface area (Å²) in [6, 6.07) is 12.0.